The third kappa shape index (κ3) is 2.63. The lowest BCUT2D eigenvalue weighted by molar-refractivity contribution is -0.133. The fourth-order valence-corrected chi connectivity index (χ4v) is 5.61. The lowest BCUT2D eigenvalue weighted by Crippen LogP contribution is -2.46. The Labute approximate surface area is 139 Å². The maximum absolute atomic E-state index is 12.9. The molecule has 3 nitrogen and oxygen atoms in total. The van der Waals surface area contributed by atoms with Crippen LogP contribution in [-0.2, 0) is 9.59 Å². The van der Waals surface area contributed by atoms with Gasteiger partial charge in [-0.3, -0.25) is 9.59 Å². The number of hydrogen-bond donors (Lipinski definition) is 1. The maximum Gasteiger partial charge on any atom is 0.295 e. The van der Waals surface area contributed by atoms with Crippen LogP contribution >= 0.6 is 0 Å². The number of amides is 1. The topological polar surface area (TPSA) is 46.2 Å². The second kappa shape index (κ2) is 6.15. The van der Waals surface area contributed by atoms with Crippen molar-refractivity contribution >= 4 is 11.7 Å². The lowest BCUT2D eigenvalue weighted by Gasteiger charge is -2.50. The van der Waals surface area contributed by atoms with Crippen LogP contribution in [0.2, 0.25) is 0 Å². The van der Waals surface area contributed by atoms with Gasteiger partial charge in [-0.15, -0.1) is 6.42 Å². The first kappa shape index (κ1) is 16.3. The van der Waals surface area contributed by atoms with Crippen molar-refractivity contribution < 1.29 is 9.59 Å². The molecule has 23 heavy (non-hydrogen) atoms. The van der Waals surface area contributed by atoms with Crippen molar-refractivity contribution in [1.29, 1.82) is 0 Å². The molecule has 3 rings (SSSR count). The zero-order valence-electron chi connectivity index (χ0n) is 14.1. The van der Waals surface area contributed by atoms with Gasteiger partial charge in [0.1, 0.15) is 0 Å². The molecular formula is C20H27NO2. The molecule has 0 heterocycles. The molecule has 124 valence electrons. The largest absolute Gasteiger partial charge is 0.345 e. The number of terminal acetylenes is 1. The highest BCUT2D eigenvalue weighted by molar-refractivity contribution is 6.03. The summed E-state index contributed by atoms with van der Waals surface area (Å²) in [5, 5.41) is 2.75. The number of nitrogens with one attached hydrogen (secondary N) is 1. The summed E-state index contributed by atoms with van der Waals surface area (Å²) >= 11 is 0. The summed E-state index contributed by atoms with van der Waals surface area (Å²) in [6.07, 6.45) is 12.6. The molecule has 3 aliphatic rings. The average Bonchev–Trinajstić information content (AvgIpc) is 2.74. The van der Waals surface area contributed by atoms with Crippen LogP contribution in [0.3, 0.4) is 0 Å². The van der Waals surface area contributed by atoms with E-state index < -0.39 is 0 Å². The molecule has 3 fully saturated rings. The fraction of sp³-hybridized carbons (Fsp3) is 0.700. The van der Waals surface area contributed by atoms with Gasteiger partial charge in [-0.05, 0) is 80.1 Å². The molecule has 1 spiro atoms. The normalized spacial score (nSPS) is 38.8. The predicted octanol–water partition coefficient (Wildman–Crippen LogP) is 3.10. The minimum Gasteiger partial charge on any atom is -0.345 e. The van der Waals surface area contributed by atoms with Crippen molar-refractivity contribution in [3.63, 3.8) is 0 Å². The summed E-state index contributed by atoms with van der Waals surface area (Å²) in [6.45, 7) is 7.06. The Morgan fingerprint density at radius 3 is 2.96 bits per heavy atom. The van der Waals surface area contributed by atoms with Crippen LogP contribution in [0.4, 0.5) is 0 Å². The van der Waals surface area contributed by atoms with E-state index in [4.69, 9.17) is 6.42 Å². The molecule has 0 aromatic heterocycles. The van der Waals surface area contributed by atoms with Crippen LogP contribution < -0.4 is 5.32 Å². The van der Waals surface area contributed by atoms with Gasteiger partial charge in [-0.1, -0.05) is 13.5 Å². The minimum absolute atomic E-state index is 0.0980. The van der Waals surface area contributed by atoms with E-state index in [1.165, 1.54) is 6.42 Å². The molecule has 2 bridgehead atoms. The van der Waals surface area contributed by atoms with Gasteiger partial charge in [0.05, 0.1) is 0 Å². The molecule has 0 aromatic carbocycles. The molecule has 3 heteroatoms. The number of fused-ring (bicyclic) bond motifs is 1. The third-order valence-electron chi connectivity index (χ3n) is 6.81. The van der Waals surface area contributed by atoms with E-state index in [9.17, 15) is 9.59 Å². The monoisotopic (exact) mass is 313 g/mol. The van der Waals surface area contributed by atoms with E-state index in [0.717, 1.165) is 44.1 Å². The number of rotatable bonds is 4. The third-order valence-corrected chi connectivity index (χ3v) is 6.81. The van der Waals surface area contributed by atoms with Crippen molar-refractivity contribution in [2.24, 2.45) is 29.1 Å². The fourth-order valence-electron chi connectivity index (χ4n) is 5.61. The maximum atomic E-state index is 12.9. The molecule has 3 aliphatic carbocycles. The molecule has 3 saturated carbocycles. The van der Waals surface area contributed by atoms with Gasteiger partial charge in [0.15, 0.2) is 5.78 Å². The number of Topliss-reactive ketones (excluding diaryl/α,β-unsaturated/α-hetero) is 1. The van der Waals surface area contributed by atoms with Crippen LogP contribution in [0.5, 0.6) is 0 Å². The van der Waals surface area contributed by atoms with Crippen LogP contribution in [0.25, 0.3) is 0 Å². The second-order valence-corrected chi connectivity index (χ2v) is 7.82. The molecule has 5 atom stereocenters. The summed E-state index contributed by atoms with van der Waals surface area (Å²) < 4.78 is 0. The van der Waals surface area contributed by atoms with E-state index in [1.807, 2.05) is 0 Å². The molecule has 1 N–H and O–H groups in total. The van der Waals surface area contributed by atoms with Crippen LogP contribution in [-0.4, -0.2) is 18.2 Å². The van der Waals surface area contributed by atoms with E-state index in [1.54, 1.807) is 0 Å². The van der Waals surface area contributed by atoms with Crippen LogP contribution in [0.15, 0.2) is 12.2 Å². The van der Waals surface area contributed by atoms with Gasteiger partial charge >= 0.3 is 0 Å². The number of allylic oxidation sites excluding steroid dienone is 1. The highest BCUT2D eigenvalue weighted by Crippen LogP contribution is 2.62. The summed E-state index contributed by atoms with van der Waals surface area (Å²) in [5.74, 6) is 4.33. The number of carbonyl (C=O) groups excluding carboxylic acids is 2. The number of ketones is 1. The molecule has 3 unspecified atom stereocenters. The van der Waals surface area contributed by atoms with Crippen LogP contribution in [0.1, 0.15) is 51.9 Å². The summed E-state index contributed by atoms with van der Waals surface area (Å²) in [7, 11) is 0. The Bertz CT molecular complexity index is 573. The molecule has 0 radical (unpaired) electrons. The first-order valence-corrected chi connectivity index (χ1v) is 8.97. The van der Waals surface area contributed by atoms with Crippen LogP contribution in [0, 0.1) is 41.4 Å². The van der Waals surface area contributed by atoms with Gasteiger partial charge in [-0.25, -0.2) is 0 Å². The summed E-state index contributed by atoms with van der Waals surface area (Å²) in [4.78, 5) is 24.0. The predicted molar refractivity (Wildman–Crippen MR) is 90.4 cm³/mol. The van der Waals surface area contributed by atoms with Crippen molar-refractivity contribution in [3.8, 4) is 12.3 Å². The summed E-state index contributed by atoms with van der Waals surface area (Å²) in [5.41, 5.74) is 0.807. The summed E-state index contributed by atoms with van der Waals surface area (Å²) in [6, 6.07) is 0. The Morgan fingerprint density at radius 2 is 2.22 bits per heavy atom. The van der Waals surface area contributed by atoms with Gasteiger partial charge in [0, 0.05) is 12.0 Å². The minimum atomic E-state index is -0.332. The van der Waals surface area contributed by atoms with E-state index in [2.05, 4.69) is 24.7 Å². The zero-order valence-corrected chi connectivity index (χ0v) is 14.1. The van der Waals surface area contributed by atoms with Gasteiger partial charge in [-0.2, -0.15) is 0 Å². The Morgan fingerprint density at radius 1 is 1.43 bits per heavy atom. The SMILES string of the molecule is C#CC(=O)NCCCC1C(C)CC[C@@]23C[C@@H](CCC12)C(=C)C3=O. The molecular weight excluding hydrogens is 286 g/mol. The van der Waals surface area contributed by atoms with E-state index >= 15 is 0 Å². The van der Waals surface area contributed by atoms with Crippen molar-refractivity contribution in [2.75, 3.05) is 6.54 Å². The van der Waals surface area contributed by atoms with Crippen molar-refractivity contribution in [2.45, 2.75) is 51.9 Å². The second-order valence-electron chi connectivity index (χ2n) is 7.82. The molecule has 0 aliphatic heterocycles. The molecule has 1 amide bonds. The highest BCUT2D eigenvalue weighted by Gasteiger charge is 2.59. The van der Waals surface area contributed by atoms with Crippen molar-refractivity contribution in [3.05, 3.63) is 12.2 Å². The Hall–Kier alpha value is -1.56. The van der Waals surface area contributed by atoms with Crippen molar-refractivity contribution in [1.82, 2.24) is 5.32 Å². The first-order valence-electron chi connectivity index (χ1n) is 8.97. The smallest absolute Gasteiger partial charge is 0.295 e. The first-order chi connectivity index (χ1) is 11.0. The molecule has 0 aromatic rings. The average molecular weight is 313 g/mol. The highest BCUT2D eigenvalue weighted by atomic mass is 16.1. The number of hydrogen-bond acceptors (Lipinski definition) is 2. The molecule has 0 saturated heterocycles. The number of carbonyl (C=O) groups is 2. The van der Waals surface area contributed by atoms with E-state index in [0.29, 0.717) is 36.0 Å². The standard InChI is InChI=1S/C20H27NO2/c1-4-18(22)21-11-5-6-16-13(2)9-10-20-12-15(7-8-17(16)20)14(3)19(20)23/h1,13,15-17H,3,5-12H2,2H3,(H,21,22)/t13?,15-,16?,17?,20-/m1/s1. The van der Waals surface area contributed by atoms with Gasteiger partial charge in [0.25, 0.3) is 5.91 Å². The Kier molecular flexibility index (Phi) is 4.36. The van der Waals surface area contributed by atoms with E-state index in [-0.39, 0.29) is 11.3 Å². The van der Waals surface area contributed by atoms with Gasteiger partial charge in [0.2, 0.25) is 0 Å². The van der Waals surface area contributed by atoms with Gasteiger partial charge < -0.3 is 5.32 Å². The Balaban J connectivity index is 1.68. The lowest BCUT2D eigenvalue weighted by atomic mass is 9.53. The zero-order chi connectivity index (χ0) is 16.6. The quantitative estimate of drug-likeness (QED) is 0.492.